The van der Waals surface area contributed by atoms with Gasteiger partial charge >= 0.3 is 0 Å². The zero-order valence-corrected chi connectivity index (χ0v) is 16.4. The molecule has 3 aromatic rings. The number of hydrogen-bond donors (Lipinski definition) is 3. The number of benzene rings is 1. The van der Waals surface area contributed by atoms with Crippen LogP contribution in [0.25, 0.3) is 11.0 Å². The van der Waals surface area contributed by atoms with Gasteiger partial charge in [-0.05, 0) is 36.2 Å². The normalized spacial score (nSPS) is 28.7. The third-order valence-corrected chi connectivity index (χ3v) is 5.39. The van der Waals surface area contributed by atoms with Crippen LogP contribution in [0.2, 0.25) is 5.02 Å². The van der Waals surface area contributed by atoms with E-state index < -0.39 is 30.6 Å². The van der Waals surface area contributed by atoms with Gasteiger partial charge in [-0.15, -0.1) is 0 Å². The zero-order chi connectivity index (χ0) is 20.5. The van der Waals surface area contributed by atoms with Crippen LogP contribution >= 0.6 is 11.6 Å². The maximum absolute atomic E-state index is 13.9. The summed E-state index contributed by atoms with van der Waals surface area (Å²) in [5.41, 5.74) is 3.00. The third-order valence-electron chi connectivity index (χ3n) is 5.16. The van der Waals surface area contributed by atoms with E-state index in [1.54, 1.807) is 24.5 Å². The number of nitrogens with one attached hydrogen (secondary N) is 1. The van der Waals surface area contributed by atoms with Crippen molar-refractivity contribution in [2.24, 2.45) is 0 Å². The molecule has 2 aliphatic rings. The van der Waals surface area contributed by atoms with Gasteiger partial charge in [0.25, 0.3) is 0 Å². The smallest absolute Gasteiger partial charge is 0.149 e. The number of H-pyrrole nitrogens is 1. The minimum absolute atomic E-state index is 0.0493. The summed E-state index contributed by atoms with van der Waals surface area (Å²) >= 11 is 5.87. The Morgan fingerprint density at radius 2 is 1.97 bits per heavy atom. The minimum Gasteiger partial charge on any atom is -0.388 e. The second-order valence-electron chi connectivity index (χ2n) is 7.05. The van der Waals surface area contributed by atoms with Gasteiger partial charge in [-0.1, -0.05) is 17.7 Å². The van der Waals surface area contributed by atoms with Gasteiger partial charge in [0.15, 0.2) is 0 Å². The number of rotatable bonds is 1. The van der Waals surface area contributed by atoms with Crippen LogP contribution in [0.5, 0.6) is 0 Å². The van der Waals surface area contributed by atoms with E-state index in [1.165, 1.54) is 0 Å². The molecule has 4 heterocycles. The highest BCUT2D eigenvalue weighted by Crippen LogP contribution is 2.40. The lowest BCUT2D eigenvalue weighted by molar-refractivity contribution is -0.104. The highest BCUT2D eigenvalue weighted by Gasteiger charge is 2.44. The Hall–Kier alpha value is -2.10. The summed E-state index contributed by atoms with van der Waals surface area (Å²) < 4.78 is 24.7. The first-order valence-corrected chi connectivity index (χ1v) is 9.61. The lowest BCUT2D eigenvalue weighted by Gasteiger charge is -2.33. The van der Waals surface area contributed by atoms with E-state index in [0.29, 0.717) is 16.1 Å². The number of aliphatic hydroxyl groups is 2. The lowest BCUT2D eigenvalue weighted by atomic mass is 9.91. The number of fused-ring (bicyclic) bond motifs is 2. The zero-order valence-electron chi connectivity index (χ0n) is 15.6. The fraction of sp³-hybridized carbons (Fsp3) is 0.400. The summed E-state index contributed by atoms with van der Waals surface area (Å²) in [6.07, 6.45) is -1.07. The summed E-state index contributed by atoms with van der Waals surface area (Å²) in [5, 5.41) is 21.0. The van der Waals surface area contributed by atoms with E-state index in [1.807, 2.05) is 19.2 Å². The molecule has 0 radical (unpaired) electrons. The number of alkyl halides is 1. The molecule has 2 aromatic heterocycles. The van der Waals surface area contributed by atoms with Crippen LogP contribution in [-0.4, -0.2) is 56.7 Å². The van der Waals surface area contributed by atoms with Crippen LogP contribution in [-0.2, 0) is 9.47 Å². The van der Waals surface area contributed by atoms with Crippen molar-refractivity contribution < 1.29 is 24.1 Å². The topological polar surface area (TPSA) is 100 Å². The number of ether oxygens (including phenoxy) is 2. The molecule has 1 saturated heterocycles. The van der Waals surface area contributed by atoms with Gasteiger partial charge in [-0.25, -0.2) is 14.4 Å². The second-order valence-corrected chi connectivity index (χ2v) is 7.49. The van der Waals surface area contributed by atoms with E-state index in [0.717, 1.165) is 16.7 Å². The maximum atomic E-state index is 13.9. The second kappa shape index (κ2) is 8.33. The molecule has 7 nitrogen and oxygen atoms in total. The van der Waals surface area contributed by atoms with Crippen LogP contribution in [0.4, 0.5) is 4.39 Å². The largest absolute Gasteiger partial charge is 0.388 e. The molecule has 5 rings (SSSR count). The number of hydrogen-bond acceptors (Lipinski definition) is 6. The summed E-state index contributed by atoms with van der Waals surface area (Å²) in [5.74, 6) is 0. The molecule has 1 aromatic carbocycles. The fourth-order valence-corrected chi connectivity index (χ4v) is 3.79. The molecule has 0 bridgehead atoms. The first-order chi connectivity index (χ1) is 14.0. The van der Waals surface area contributed by atoms with Crippen LogP contribution in [0.15, 0.2) is 36.8 Å². The molecule has 5 atom stereocenters. The SMILES string of the molecule is Cc1ncnc2[nH]ccc12.OC1COC(C2OCC(F)c3cc(Cl)ccc32)C1O. The number of halogens is 2. The van der Waals surface area contributed by atoms with E-state index in [4.69, 9.17) is 21.1 Å². The van der Waals surface area contributed by atoms with Crippen LogP contribution in [0.3, 0.4) is 0 Å². The van der Waals surface area contributed by atoms with Crippen molar-refractivity contribution in [2.75, 3.05) is 13.2 Å². The first kappa shape index (κ1) is 20.2. The molecule has 0 aliphatic carbocycles. The average molecular weight is 422 g/mol. The van der Waals surface area contributed by atoms with Gasteiger partial charge in [0.1, 0.15) is 42.6 Å². The molecule has 1 fully saturated rings. The van der Waals surface area contributed by atoms with Gasteiger partial charge in [-0.3, -0.25) is 0 Å². The molecule has 0 spiro atoms. The van der Waals surface area contributed by atoms with E-state index >= 15 is 0 Å². The highest BCUT2D eigenvalue weighted by atomic mass is 35.5. The summed E-state index contributed by atoms with van der Waals surface area (Å²) in [7, 11) is 0. The molecule has 29 heavy (non-hydrogen) atoms. The van der Waals surface area contributed by atoms with E-state index in [9.17, 15) is 14.6 Å². The predicted octanol–water partition coefficient (Wildman–Crippen LogP) is 2.81. The first-order valence-electron chi connectivity index (χ1n) is 9.23. The standard InChI is InChI=1S/C13H14ClFO4.C7H7N3/c14-6-1-2-7-8(3-6)9(15)4-18-12(7)13-11(17)10(16)5-19-13;1-5-6-2-3-8-7(6)10-4-9-5/h1-3,9-13,16-17H,4-5H2;2-4H,1H3,(H,8,9,10). The Bertz CT molecular complexity index is 1000. The number of nitrogens with zero attached hydrogens (tertiary/aromatic N) is 2. The predicted molar refractivity (Wildman–Crippen MR) is 104 cm³/mol. The van der Waals surface area contributed by atoms with Crippen molar-refractivity contribution in [1.29, 1.82) is 0 Å². The number of aromatic nitrogens is 3. The molecular formula is C20H21ClFN3O4. The Kier molecular flexibility index (Phi) is 5.80. The van der Waals surface area contributed by atoms with Crippen molar-refractivity contribution in [2.45, 2.75) is 37.5 Å². The van der Waals surface area contributed by atoms with Gasteiger partial charge < -0.3 is 24.7 Å². The molecule has 3 N–H and O–H groups in total. The molecule has 0 saturated carbocycles. The molecule has 5 unspecified atom stereocenters. The average Bonchev–Trinajstić information content (AvgIpc) is 3.32. The van der Waals surface area contributed by atoms with Crippen molar-refractivity contribution >= 4 is 22.6 Å². The van der Waals surface area contributed by atoms with Gasteiger partial charge in [-0.2, -0.15) is 0 Å². The molecule has 2 aliphatic heterocycles. The van der Waals surface area contributed by atoms with Crippen molar-refractivity contribution in [3.05, 3.63) is 58.6 Å². The van der Waals surface area contributed by atoms with Crippen LogP contribution < -0.4 is 0 Å². The highest BCUT2D eigenvalue weighted by molar-refractivity contribution is 6.30. The minimum atomic E-state index is -1.24. The lowest BCUT2D eigenvalue weighted by Crippen LogP contribution is -2.37. The Labute approximate surface area is 171 Å². The van der Waals surface area contributed by atoms with E-state index in [2.05, 4.69) is 15.0 Å². The van der Waals surface area contributed by atoms with E-state index in [-0.39, 0.29) is 13.2 Å². The summed E-state index contributed by atoms with van der Waals surface area (Å²) in [6, 6.07) is 6.86. The fourth-order valence-electron chi connectivity index (χ4n) is 3.61. The Morgan fingerprint density at radius 3 is 2.69 bits per heavy atom. The maximum Gasteiger partial charge on any atom is 0.149 e. The monoisotopic (exact) mass is 421 g/mol. The molecule has 154 valence electrons. The summed E-state index contributed by atoms with van der Waals surface area (Å²) in [4.78, 5) is 11.1. The molecular weight excluding hydrogens is 401 g/mol. The number of aliphatic hydroxyl groups excluding tert-OH is 2. The van der Waals surface area contributed by atoms with Crippen molar-refractivity contribution in [3.63, 3.8) is 0 Å². The van der Waals surface area contributed by atoms with Gasteiger partial charge in [0.05, 0.1) is 18.9 Å². The van der Waals surface area contributed by atoms with Gasteiger partial charge in [0.2, 0.25) is 0 Å². The molecule has 0 amide bonds. The Balaban J connectivity index is 0.000000171. The van der Waals surface area contributed by atoms with Crippen LogP contribution in [0, 0.1) is 6.92 Å². The Morgan fingerprint density at radius 1 is 1.14 bits per heavy atom. The number of aryl methyl sites for hydroxylation is 1. The third kappa shape index (κ3) is 3.99. The van der Waals surface area contributed by atoms with Crippen molar-refractivity contribution in [1.82, 2.24) is 15.0 Å². The van der Waals surface area contributed by atoms with Crippen molar-refractivity contribution in [3.8, 4) is 0 Å². The van der Waals surface area contributed by atoms with Crippen LogP contribution in [0.1, 0.15) is 29.1 Å². The quantitative estimate of drug-likeness (QED) is 0.558. The van der Waals surface area contributed by atoms with Gasteiger partial charge in [0, 0.05) is 16.6 Å². The molecule has 9 heteroatoms. The summed E-state index contributed by atoms with van der Waals surface area (Å²) in [6.45, 7) is 1.91. The number of aromatic amines is 1.